The number of hydrogen-bond donors (Lipinski definition) is 2. The van der Waals surface area contributed by atoms with E-state index in [1.807, 2.05) is 6.07 Å². The first-order valence-corrected chi connectivity index (χ1v) is 6.38. The van der Waals surface area contributed by atoms with Gasteiger partial charge >= 0.3 is 0 Å². The summed E-state index contributed by atoms with van der Waals surface area (Å²) < 4.78 is 0. The monoisotopic (exact) mass is 262 g/mol. The van der Waals surface area contributed by atoms with Crippen molar-refractivity contribution in [1.29, 1.82) is 0 Å². The number of hydrogen-bond acceptors (Lipinski definition) is 5. The maximum Gasteiger partial charge on any atom is 0.251 e. The molecule has 0 saturated carbocycles. The van der Waals surface area contributed by atoms with Crippen molar-refractivity contribution in [2.75, 3.05) is 24.2 Å². The Morgan fingerprint density at radius 1 is 1.47 bits per heavy atom. The zero-order chi connectivity index (χ0) is 13.8. The van der Waals surface area contributed by atoms with E-state index < -0.39 is 6.04 Å². The van der Waals surface area contributed by atoms with Crippen molar-refractivity contribution >= 4 is 23.3 Å². The molecule has 2 N–H and O–H groups in total. The van der Waals surface area contributed by atoms with Crippen molar-refractivity contribution in [1.82, 2.24) is 9.88 Å². The van der Waals surface area contributed by atoms with Gasteiger partial charge in [-0.05, 0) is 12.5 Å². The molecule has 0 spiro atoms. The summed E-state index contributed by atoms with van der Waals surface area (Å²) in [7, 11) is 1.51. The van der Waals surface area contributed by atoms with Crippen LogP contribution in [0.3, 0.4) is 0 Å². The molecule has 1 unspecified atom stereocenters. The zero-order valence-corrected chi connectivity index (χ0v) is 11.1. The van der Waals surface area contributed by atoms with Crippen molar-refractivity contribution in [3.63, 3.8) is 0 Å². The molecule has 2 amide bonds. The molecule has 0 aromatic carbocycles. The fourth-order valence-corrected chi connectivity index (χ4v) is 1.94. The second-order valence-corrected chi connectivity index (χ2v) is 4.55. The lowest BCUT2D eigenvalue weighted by atomic mass is 10.2. The fourth-order valence-electron chi connectivity index (χ4n) is 1.94. The lowest BCUT2D eigenvalue weighted by Crippen LogP contribution is -2.31. The third kappa shape index (κ3) is 3.01. The van der Waals surface area contributed by atoms with Crippen molar-refractivity contribution in [3.05, 3.63) is 18.3 Å². The third-order valence-electron chi connectivity index (χ3n) is 3.04. The number of carbonyl (C=O) groups excluding carboxylic acids is 2. The van der Waals surface area contributed by atoms with E-state index in [4.69, 9.17) is 0 Å². The van der Waals surface area contributed by atoms with Gasteiger partial charge in [0.05, 0.1) is 6.42 Å². The maximum absolute atomic E-state index is 11.8. The number of imide groups is 1. The van der Waals surface area contributed by atoms with Gasteiger partial charge in [0, 0.05) is 31.5 Å². The Labute approximate surface area is 112 Å². The minimum atomic E-state index is -0.473. The molecule has 0 radical (unpaired) electrons. The molecule has 102 valence electrons. The van der Waals surface area contributed by atoms with E-state index in [9.17, 15) is 9.59 Å². The highest BCUT2D eigenvalue weighted by atomic mass is 16.2. The topological polar surface area (TPSA) is 74.3 Å². The number of carbonyl (C=O) groups is 2. The van der Waals surface area contributed by atoms with E-state index in [1.165, 1.54) is 7.05 Å². The Balaban J connectivity index is 2.03. The molecule has 1 aliphatic heterocycles. The number of aromatic nitrogens is 1. The summed E-state index contributed by atoms with van der Waals surface area (Å²) in [6, 6.07) is 3.15. The largest absolute Gasteiger partial charge is 0.373 e. The van der Waals surface area contributed by atoms with E-state index in [2.05, 4.69) is 22.5 Å². The van der Waals surface area contributed by atoms with Crippen LogP contribution in [0.1, 0.15) is 19.8 Å². The third-order valence-corrected chi connectivity index (χ3v) is 3.04. The van der Waals surface area contributed by atoms with Crippen LogP contribution in [-0.4, -0.2) is 41.3 Å². The lowest BCUT2D eigenvalue weighted by Gasteiger charge is -2.13. The number of anilines is 2. The number of rotatable bonds is 5. The minimum absolute atomic E-state index is 0.152. The smallest absolute Gasteiger partial charge is 0.251 e. The summed E-state index contributed by atoms with van der Waals surface area (Å²) in [5.41, 5.74) is 0.787. The molecule has 2 rings (SSSR count). The first-order chi connectivity index (χ1) is 9.11. The summed E-state index contributed by atoms with van der Waals surface area (Å²) in [6.45, 7) is 2.92. The zero-order valence-electron chi connectivity index (χ0n) is 11.1. The number of likely N-dealkylation sites (tertiary alicyclic amines) is 1. The Bertz CT molecular complexity index is 489. The molecule has 1 aliphatic rings. The Morgan fingerprint density at radius 3 is 2.89 bits per heavy atom. The summed E-state index contributed by atoms with van der Waals surface area (Å²) in [5.74, 6) is 0.419. The van der Waals surface area contributed by atoms with E-state index in [1.54, 1.807) is 12.3 Å². The molecule has 19 heavy (non-hydrogen) atoms. The molecule has 1 aromatic heterocycles. The second-order valence-electron chi connectivity index (χ2n) is 4.55. The predicted octanol–water partition coefficient (Wildman–Crippen LogP) is 1.07. The van der Waals surface area contributed by atoms with Crippen molar-refractivity contribution in [2.45, 2.75) is 25.8 Å². The fraction of sp³-hybridized carbons (Fsp3) is 0.462. The SMILES string of the molecule is CCCNc1cc(NC2CC(=O)N(C)C2=O)ccn1. The molecule has 1 aromatic rings. The maximum atomic E-state index is 11.8. The molecule has 1 fully saturated rings. The van der Waals surface area contributed by atoms with Crippen LogP contribution in [0.4, 0.5) is 11.5 Å². The van der Waals surface area contributed by atoms with Crippen LogP contribution in [0.2, 0.25) is 0 Å². The molecule has 6 nitrogen and oxygen atoms in total. The van der Waals surface area contributed by atoms with Crippen molar-refractivity contribution < 1.29 is 9.59 Å². The number of pyridine rings is 1. The first kappa shape index (κ1) is 13.3. The molecule has 1 atom stereocenters. The number of amides is 2. The van der Waals surface area contributed by atoms with E-state index in [-0.39, 0.29) is 18.2 Å². The molecule has 0 bridgehead atoms. The highest BCUT2D eigenvalue weighted by molar-refractivity contribution is 6.06. The Hall–Kier alpha value is -2.11. The molecule has 1 saturated heterocycles. The molecule has 6 heteroatoms. The summed E-state index contributed by atoms with van der Waals surface area (Å²) in [6.07, 6.45) is 2.89. The van der Waals surface area contributed by atoms with Gasteiger partial charge in [0.25, 0.3) is 5.91 Å². The molecule has 0 aliphatic carbocycles. The van der Waals surface area contributed by atoms with Crippen LogP contribution in [0.25, 0.3) is 0 Å². The van der Waals surface area contributed by atoms with Gasteiger partial charge in [-0.3, -0.25) is 14.5 Å². The van der Waals surface area contributed by atoms with Gasteiger partial charge in [-0.2, -0.15) is 0 Å². The van der Waals surface area contributed by atoms with Crippen LogP contribution in [0, 0.1) is 0 Å². The Kier molecular flexibility index (Phi) is 3.99. The van der Waals surface area contributed by atoms with Gasteiger partial charge < -0.3 is 10.6 Å². The van der Waals surface area contributed by atoms with Gasteiger partial charge in [-0.25, -0.2) is 4.98 Å². The van der Waals surface area contributed by atoms with Crippen molar-refractivity contribution in [2.24, 2.45) is 0 Å². The Morgan fingerprint density at radius 2 is 2.26 bits per heavy atom. The normalized spacial score (nSPS) is 18.8. The molecular weight excluding hydrogens is 244 g/mol. The highest BCUT2D eigenvalue weighted by Gasteiger charge is 2.35. The van der Waals surface area contributed by atoms with Gasteiger partial charge in [-0.15, -0.1) is 0 Å². The molecule has 2 heterocycles. The number of likely N-dealkylation sites (N-methyl/N-ethyl adjacent to an activating group) is 1. The summed E-state index contributed by atoms with van der Waals surface area (Å²) in [5, 5.41) is 6.25. The quantitative estimate of drug-likeness (QED) is 0.776. The van der Waals surface area contributed by atoms with Crippen molar-refractivity contribution in [3.8, 4) is 0 Å². The first-order valence-electron chi connectivity index (χ1n) is 6.38. The van der Waals surface area contributed by atoms with Crippen LogP contribution in [0.15, 0.2) is 18.3 Å². The number of nitrogens with zero attached hydrogens (tertiary/aromatic N) is 2. The van der Waals surface area contributed by atoms with Gasteiger partial charge in [0.1, 0.15) is 11.9 Å². The van der Waals surface area contributed by atoms with Gasteiger partial charge in [0.2, 0.25) is 5.91 Å². The lowest BCUT2D eigenvalue weighted by molar-refractivity contribution is -0.136. The second kappa shape index (κ2) is 5.69. The van der Waals surface area contributed by atoms with Gasteiger partial charge in [0.15, 0.2) is 0 Å². The van der Waals surface area contributed by atoms with E-state index in [0.717, 1.165) is 29.4 Å². The average molecular weight is 262 g/mol. The van der Waals surface area contributed by atoms with Crippen LogP contribution < -0.4 is 10.6 Å². The predicted molar refractivity (Wildman–Crippen MR) is 72.8 cm³/mol. The highest BCUT2D eigenvalue weighted by Crippen LogP contribution is 2.18. The van der Waals surface area contributed by atoms with Crippen LogP contribution in [-0.2, 0) is 9.59 Å². The van der Waals surface area contributed by atoms with E-state index in [0.29, 0.717) is 0 Å². The summed E-state index contributed by atoms with van der Waals surface area (Å²) >= 11 is 0. The van der Waals surface area contributed by atoms with Gasteiger partial charge in [-0.1, -0.05) is 6.92 Å². The van der Waals surface area contributed by atoms with E-state index >= 15 is 0 Å². The number of nitrogens with one attached hydrogen (secondary N) is 2. The standard InChI is InChI=1S/C13H18N4O2/c1-3-5-14-11-7-9(4-6-15-11)16-10-8-12(18)17(2)13(10)19/h4,6-7,10H,3,5,8H2,1-2H3,(H2,14,15,16). The average Bonchev–Trinajstić information content (AvgIpc) is 2.64. The minimum Gasteiger partial charge on any atom is -0.373 e. The molecular formula is C13H18N4O2. The van der Waals surface area contributed by atoms with Crippen LogP contribution in [0.5, 0.6) is 0 Å². The van der Waals surface area contributed by atoms with Crippen LogP contribution >= 0.6 is 0 Å². The summed E-state index contributed by atoms with van der Waals surface area (Å²) in [4.78, 5) is 28.6.